The van der Waals surface area contributed by atoms with E-state index in [1.807, 2.05) is 0 Å². The fraction of sp³-hybridized carbons (Fsp3) is 0.300. The second-order valence-electron chi connectivity index (χ2n) is 3.72. The van der Waals surface area contributed by atoms with Crippen LogP contribution >= 0.6 is 0 Å². The first-order valence-corrected chi connectivity index (χ1v) is 6.85. The Morgan fingerprint density at radius 1 is 1.21 bits per heavy atom. The predicted octanol–water partition coefficient (Wildman–Crippen LogP) is 0.512. The van der Waals surface area contributed by atoms with Gasteiger partial charge in [0, 0.05) is 18.7 Å². The molecule has 0 saturated carbocycles. The molecule has 1 amide bonds. The maximum Gasteiger partial charge on any atom is 0.257 e. The summed E-state index contributed by atoms with van der Waals surface area (Å²) in [5.41, 5.74) is -0.919. The van der Waals surface area contributed by atoms with Crippen molar-refractivity contribution < 1.29 is 26.4 Å². The zero-order chi connectivity index (χ0) is 14.6. The molecular formula is C10H11F3N2O3S. The van der Waals surface area contributed by atoms with Crippen LogP contribution in [0.2, 0.25) is 0 Å². The molecule has 0 spiro atoms. The van der Waals surface area contributed by atoms with Gasteiger partial charge in [0.2, 0.25) is 10.0 Å². The molecular weight excluding hydrogens is 285 g/mol. The zero-order valence-electron chi connectivity index (χ0n) is 9.62. The number of nitrogens with two attached hydrogens (primary N) is 1. The van der Waals surface area contributed by atoms with Crippen LogP contribution in [0.4, 0.5) is 13.2 Å². The standard InChI is InChI=1S/C10H11F3N2O3S/c11-6-4-7(12)9(8(13)5-6)10(16)15-2-1-3-19(14,17)18/h4-5H,1-3H2,(H,15,16)(H2,14,17,18). The van der Waals surface area contributed by atoms with Gasteiger partial charge in [0.1, 0.15) is 23.0 Å². The first-order valence-electron chi connectivity index (χ1n) is 5.14. The van der Waals surface area contributed by atoms with Gasteiger partial charge in [0.25, 0.3) is 5.91 Å². The third-order valence-electron chi connectivity index (χ3n) is 2.13. The number of halogens is 3. The van der Waals surface area contributed by atoms with E-state index in [4.69, 9.17) is 5.14 Å². The summed E-state index contributed by atoms with van der Waals surface area (Å²) in [6.45, 7) is -0.133. The van der Waals surface area contributed by atoms with Gasteiger partial charge in [0.15, 0.2) is 0 Å². The molecule has 9 heteroatoms. The smallest absolute Gasteiger partial charge is 0.257 e. The molecule has 106 valence electrons. The number of carbonyl (C=O) groups is 1. The average molecular weight is 296 g/mol. The van der Waals surface area contributed by atoms with Crippen molar-refractivity contribution in [1.29, 1.82) is 0 Å². The molecule has 0 atom stereocenters. The number of nitrogens with one attached hydrogen (secondary N) is 1. The highest BCUT2D eigenvalue weighted by Gasteiger charge is 2.18. The van der Waals surface area contributed by atoms with E-state index in [0.717, 1.165) is 0 Å². The summed E-state index contributed by atoms with van der Waals surface area (Å²) < 4.78 is 60.2. The third-order valence-corrected chi connectivity index (χ3v) is 2.98. The van der Waals surface area contributed by atoms with Gasteiger partial charge in [-0.1, -0.05) is 0 Å². The average Bonchev–Trinajstić information content (AvgIpc) is 2.21. The van der Waals surface area contributed by atoms with Crippen LogP contribution in [0.3, 0.4) is 0 Å². The van der Waals surface area contributed by atoms with Crippen LogP contribution in [-0.2, 0) is 10.0 Å². The Balaban J connectivity index is 2.65. The van der Waals surface area contributed by atoms with Crippen LogP contribution in [0, 0.1) is 17.5 Å². The molecule has 1 aromatic carbocycles. The Morgan fingerprint density at radius 2 is 1.74 bits per heavy atom. The van der Waals surface area contributed by atoms with Crippen LogP contribution in [0.15, 0.2) is 12.1 Å². The molecule has 3 N–H and O–H groups in total. The number of amides is 1. The van der Waals surface area contributed by atoms with Crippen LogP contribution in [0.25, 0.3) is 0 Å². The van der Waals surface area contributed by atoms with Gasteiger partial charge in [-0.3, -0.25) is 4.79 Å². The molecule has 0 fully saturated rings. The highest BCUT2D eigenvalue weighted by Crippen LogP contribution is 2.14. The molecule has 0 heterocycles. The van der Waals surface area contributed by atoms with Crippen LogP contribution in [0.5, 0.6) is 0 Å². The summed E-state index contributed by atoms with van der Waals surface area (Å²) >= 11 is 0. The van der Waals surface area contributed by atoms with Crippen molar-refractivity contribution in [2.45, 2.75) is 6.42 Å². The quantitative estimate of drug-likeness (QED) is 0.776. The Kier molecular flexibility index (Phi) is 4.90. The van der Waals surface area contributed by atoms with Gasteiger partial charge in [-0.2, -0.15) is 0 Å². The molecule has 0 aliphatic rings. The zero-order valence-corrected chi connectivity index (χ0v) is 10.4. The predicted molar refractivity (Wildman–Crippen MR) is 61.2 cm³/mol. The summed E-state index contributed by atoms with van der Waals surface area (Å²) in [6.07, 6.45) is -0.00495. The van der Waals surface area contributed by atoms with Crippen molar-refractivity contribution >= 4 is 15.9 Å². The van der Waals surface area contributed by atoms with Crippen LogP contribution in [-0.4, -0.2) is 26.6 Å². The number of rotatable bonds is 5. The van der Waals surface area contributed by atoms with E-state index in [-0.39, 0.29) is 18.7 Å². The van der Waals surface area contributed by atoms with E-state index < -0.39 is 38.9 Å². The minimum Gasteiger partial charge on any atom is -0.352 e. The minimum absolute atomic E-state index is 0.00495. The number of sulfonamides is 1. The molecule has 0 unspecified atom stereocenters. The largest absolute Gasteiger partial charge is 0.352 e. The van der Waals surface area contributed by atoms with Crippen LogP contribution < -0.4 is 10.5 Å². The van der Waals surface area contributed by atoms with Crippen molar-refractivity contribution in [3.63, 3.8) is 0 Å². The second kappa shape index (κ2) is 6.02. The first-order chi connectivity index (χ1) is 8.70. The van der Waals surface area contributed by atoms with Crippen molar-refractivity contribution in [3.8, 4) is 0 Å². The number of hydrogen-bond acceptors (Lipinski definition) is 3. The van der Waals surface area contributed by atoms with Gasteiger partial charge in [-0.05, 0) is 6.42 Å². The van der Waals surface area contributed by atoms with E-state index in [9.17, 15) is 26.4 Å². The highest BCUT2D eigenvalue weighted by atomic mass is 32.2. The molecule has 0 aliphatic heterocycles. The van der Waals surface area contributed by atoms with Crippen molar-refractivity contribution in [2.24, 2.45) is 5.14 Å². The van der Waals surface area contributed by atoms with Crippen molar-refractivity contribution in [3.05, 3.63) is 35.1 Å². The molecule has 1 rings (SSSR count). The summed E-state index contributed by atoms with van der Waals surface area (Å²) in [5, 5.41) is 6.84. The van der Waals surface area contributed by atoms with Crippen molar-refractivity contribution in [2.75, 3.05) is 12.3 Å². The molecule has 19 heavy (non-hydrogen) atoms. The van der Waals surface area contributed by atoms with E-state index in [1.165, 1.54) is 0 Å². The molecule has 5 nitrogen and oxygen atoms in total. The first kappa shape index (κ1) is 15.4. The molecule has 0 radical (unpaired) electrons. The van der Waals surface area contributed by atoms with E-state index in [0.29, 0.717) is 12.1 Å². The highest BCUT2D eigenvalue weighted by molar-refractivity contribution is 7.89. The minimum atomic E-state index is -3.66. The Bertz CT molecular complexity index is 567. The van der Waals surface area contributed by atoms with Gasteiger partial charge in [-0.15, -0.1) is 0 Å². The molecule has 0 aliphatic carbocycles. The SMILES string of the molecule is NS(=O)(=O)CCCNC(=O)c1c(F)cc(F)cc1F. The molecule has 0 saturated heterocycles. The second-order valence-corrected chi connectivity index (χ2v) is 5.45. The maximum atomic E-state index is 13.2. The molecule has 0 aromatic heterocycles. The Labute approximate surface area is 107 Å². The molecule has 0 bridgehead atoms. The van der Waals surface area contributed by atoms with Gasteiger partial charge in [0.05, 0.1) is 5.75 Å². The summed E-state index contributed by atoms with van der Waals surface area (Å²) in [4.78, 5) is 11.4. The molecule has 1 aromatic rings. The third kappa shape index (κ3) is 4.87. The van der Waals surface area contributed by atoms with Gasteiger partial charge < -0.3 is 5.32 Å². The lowest BCUT2D eigenvalue weighted by atomic mass is 10.2. The van der Waals surface area contributed by atoms with Crippen molar-refractivity contribution in [1.82, 2.24) is 5.32 Å². The summed E-state index contributed by atoms with van der Waals surface area (Å²) in [6, 6.07) is 0.755. The summed E-state index contributed by atoms with van der Waals surface area (Å²) in [5.74, 6) is -5.27. The summed E-state index contributed by atoms with van der Waals surface area (Å²) in [7, 11) is -3.66. The van der Waals surface area contributed by atoms with Gasteiger partial charge in [-0.25, -0.2) is 26.7 Å². The fourth-order valence-corrected chi connectivity index (χ4v) is 1.87. The monoisotopic (exact) mass is 296 g/mol. The number of benzene rings is 1. The Morgan fingerprint density at radius 3 is 2.21 bits per heavy atom. The number of primary sulfonamides is 1. The van der Waals surface area contributed by atoms with Crippen LogP contribution in [0.1, 0.15) is 16.8 Å². The topological polar surface area (TPSA) is 89.3 Å². The van der Waals surface area contributed by atoms with E-state index in [2.05, 4.69) is 5.32 Å². The van der Waals surface area contributed by atoms with E-state index >= 15 is 0 Å². The number of carbonyl (C=O) groups excluding carboxylic acids is 1. The number of hydrogen-bond donors (Lipinski definition) is 2. The lowest BCUT2D eigenvalue weighted by Gasteiger charge is -2.06. The lowest BCUT2D eigenvalue weighted by molar-refractivity contribution is 0.0945. The normalized spacial score (nSPS) is 11.4. The lowest BCUT2D eigenvalue weighted by Crippen LogP contribution is -2.28. The maximum absolute atomic E-state index is 13.2. The fourth-order valence-electron chi connectivity index (χ4n) is 1.32. The van der Waals surface area contributed by atoms with E-state index in [1.54, 1.807) is 0 Å². The Hall–Kier alpha value is -1.61. The van der Waals surface area contributed by atoms with Gasteiger partial charge >= 0.3 is 0 Å².